The number of hydrogen-bond acceptors (Lipinski definition) is 4. The van der Waals surface area contributed by atoms with Crippen molar-refractivity contribution in [3.05, 3.63) is 52.8 Å². The van der Waals surface area contributed by atoms with Gasteiger partial charge in [0.15, 0.2) is 11.5 Å². The number of rotatable bonds is 3. The van der Waals surface area contributed by atoms with Gasteiger partial charge >= 0.3 is 0 Å². The molecule has 0 saturated heterocycles. The number of nitrogens with zero attached hydrogens (tertiary/aromatic N) is 2. The van der Waals surface area contributed by atoms with Crippen molar-refractivity contribution in [3.63, 3.8) is 0 Å². The molecule has 3 rings (SSSR count). The second-order valence-corrected chi connectivity index (χ2v) is 5.64. The minimum atomic E-state index is 0.0582. The van der Waals surface area contributed by atoms with Gasteiger partial charge in [0.2, 0.25) is 0 Å². The van der Waals surface area contributed by atoms with E-state index < -0.39 is 0 Å². The minimum absolute atomic E-state index is 0.0582. The summed E-state index contributed by atoms with van der Waals surface area (Å²) in [5.41, 5.74) is 5.22. The van der Waals surface area contributed by atoms with Crippen LogP contribution in [0, 0.1) is 25.2 Å². The van der Waals surface area contributed by atoms with E-state index in [1.54, 1.807) is 18.2 Å². The maximum absolute atomic E-state index is 9.66. The third-order valence-corrected chi connectivity index (χ3v) is 3.99. The molecule has 0 radical (unpaired) electrons. The van der Waals surface area contributed by atoms with Crippen LogP contribution >= 0.6 is 0 Å². The fraction of sp³-hybridized carbons (Fsp3) is 0.158. The molecule has 0 bridgehead atoms. The second kappa shape index (κ2) is 6.09. The van der Waals surface area contributed by atoms with Crippen molar-refractivity contribution in [2.45, 2.75) is 13.8 Å². The lowest BCUT2D eigenvalue weighted by atomic mass is 10.1. The molecule has 5 heteroatoms. The van der Waals surface area contributed by atoms with E-state index in [-0.39, 0.29) is 5.75 Å². The SMILES string of the molecule is COc1cc(/C=C(/C#N)c2nc3cc(C)c(C)cc3[nH]2)ccc1O. The smallest absolute Gasteiger partial charge is 0.161 e. The van der Waals surface area contributed by atoms with Crippen LogP contribution in [-0.4, -0.2) is 22.2 Å². The highest BCUT2D eigenvalue weighted by molar-refractivity contribution is 5.90. The molecule has 3 aromatic rings. The molecule has 0 aliphatic heterocycles. The number of allylic oxidation sites excluding steroid dienone is 1. The van der Waals surface area contributed by atoms with Gasteiger partial charge in [-0.2, -0.15) is 5.26 Å². The number of H-pyrrole nitrogens is 1. The van der Waals surface area contributed by atoms with Crippen LogP contribution in [0.3, 0.4) is 0 Å². The van der Waals surface area contributed by atoms with Gasteiger partial charge < -0.3 is 14.8 Å². The minimum Gasteiger partial charge on any atom is -0.504 e. The van der Waals surface area contributed by atoms with E-state index in [0.717, 1.165) is 22.2 Å². The Kier molecular flexibility index (Phi) is 3.97. The topological polar surface area (TPSA) is 81.9 Å². The first kappa shape index (κ1) is 15.6. The first-order valence-electron chi connectivity index (χ1n) is 7.48. The molecular weight excluding hydrogens is 302 g/mol. The normalized spacial score (nSPS) is 11.5. The lowest BCUT2D eigenvalue weighted by Gasteiger charge is -2.04. The van der Waals surface area contributed by atoms with Crippen LogP contribution in [-0.2, 0) is 0 Å². The first-order valence-corrected chi connectivity index (χ1v) is 7.48. The Bertz CT molecular complexity index is 955. The predicted molar refractivity (Wildman–Crippen MR) is 93.7 cm³/mol. The molecule has 0 fully saturated rings. The molecule has 0 aliphatic rings. The Morgan fingerprint density at radius 3 is 2.71 bits per heavy atom. The van der Waals surface area contributed by atoms with E-state index in [4.69, 9.17) is 4.74 Å². The van der Waals surface area contributed by atoms with Crippen molar-refractivity contribution in [1.82, 2.24) is 9.97 Å². The number of hydrogen-bond donors (Lipinski definition) is 2. The third-order valence-electron chi connectivity index (χ3n) is 3.99. The Morgan fingerprint density at radius 2 is 2.00 bits per heavy atom. The number of aryl methyl sites for hydroxylation is 2. The largest absolute Gasteiger partial charge is 0.504 e. The van der Waals surface area contributed by atoms with E-state index in [1.807, 2.05) is 26.0 Å². The van der Waals surface area contributed by atoms with Gasteiger partial charge in [0, 0.05) is 0 Å². The van der Waals surface area contributed by atoms with Gasteiger partial charge in [-0.25, -0.2) is 4.98 Å². The summed E-state index contributed by atoms with van der Waals surface area (Å²) in [6.07, 6.45) is 1.71. The van der Waals surface area contributed by atoms with E-state index in [0.29, 0.717) is 17.1 Å². The Hall–Kier alpha value is -3.26. The summed E-state index contributed by atoms with van der Waals surface area (Å²) in [6.45, 7) is 4.08. The summed E-state index contributed by atoms with van der Waals surface area (Å²) in [5, 5.41) is 19.2. The molecular formula is C19H17N3O2. The zero-order chi connectivity index (χ0) is 17.3. The number of nitrogens with one attached hydrogen (secondary N) is 1. The Balaban J connectivity index is 2.07. The molecule has 0 saturated carbocycles. The zero-order valence-electron chi connectivity index (χ0n) is 13.7. The predicted octanol–water partition coefficient (Wildman–Crippen LogP) is 3.96. The van der Waals surface area contributed by atoms with Crippen molar-refractivity contribution in [3.8, 4) is 17.6 Å². The van der Waals surface area contributed by atoms with E-state index >= 15 is 0 Å². The van der Waals surface area contributed by atoms with Crippen LogP contribution < -0.4 is 4.74 Å². The number of benzene rings is 2. The number of aromatic nitrogens is 2. The summed E-state index contributed by atoms with van der Waals surface area (Å²) >= 11 is 0. The van der Waals surface area contributed by atoms with Gasteiger partial charge in [0.25, 0.3) is 0 Å². The van der Waals surface area contributed by atoms with Crippen LogP contribution in [0.15, 0.2) is 30.3 Å². The van der Waals surface area contributed by atoms with Crippen molar-refractivity contribution in [2.75, 3.05) is 7.11 Å². The van der Waals surface area contributed by atoms with Gasteiger partial charge in [0.1, 0.15) is 11.9 Å². The summed E-state index contributed by atoms with van der Waals surface area (Å²) in [4.78, 5) is 7.71. The van der Waals surface area contributed by atoms with Gasteiger partial charge in [0.05, 0.1) is 23.7 Å². The van der Waals surface area contributed by atoms with Crippen molar-refractivity contribution in [2.24, 2.45) is 0 Å². The second-order valence-electron chi connectivity index (χ2n) is 5.64. The first-order chi connectivity index (χ1) is 11.5. The average Bonchev–Trinajstić information content (AvgIpc) is 2.96. The molecule has 120 valence electrons. The molecule has 0 unspecified atom stereocenters. The van der Waals surface area contributed by atoms with Crippen molar-refractivity contribution < 1.29 is 9.84 Å². The highest BCUT2D eigenvalue weighted by Crippen LogP contribution is 2.28. The van der Waals surface area contributed by atoms with Gasteiger partial charge in [-0.3, -0.25) is 0 Å². The molecule has 0 aliphatic carbocycles. The number of phenols is 1. The van der Waals surface area contributed by atoms with Crippen LogP contribution in [0.2, 0.25) is 0 Å². The zero-order valence-corrected chi connectivity index (χ0v) is 13.7. The van der Waals surface area contributed by atoms with Crippen LogP contribution in [0.5, 0.6) is 11.5 Å². The highest BCUT2D eigenvalue weighted by atomic mass is 16.5. The van der Waals surface area contributed by atoms with Crippen LogP contribution in [0.1, 0.15) is 22.5 Å². The fourth-order valence-electron chi connectivity index (χ4n) is 2.50. The van der Waals surface area contributed by atoms with E-state index in [2.05, 4.69) is 16.0 Å². The van der Waals surface area contributed by atoms with Crippen molar-refractivity contribution >= 4 is 22.7 Å². The van der Waals surface area contributed by atoms with Crippen LogP contribution in [0.25, 0.3) is 22.7 Å². The van der Waals surface area contributed by atoms with E-state index in [1.165, 1.54) is 18.7 Å². The Morgan fingerprint density at radius 1 is 1.25 bits per heavy atom. The highest BCUT2D eigenvalue weighted by Gasteiger charge is 2.10. The number of aromatic hydroxyl groups is 1. The number of ether oxygens (including phenoxy) is 1. The van der Waals surface area contributed by atoms with Crippen molar-refractivity contribution in [1.29, 1.82) is 5.26 Å². The van der Waals surface area contributed by atoms with Gasteiger partial charge in [-0.15, -0.1) is 0 Å². The maximum atomic E-state index is 9.66. The lowest BCUT2D eigenvalue weighted by Crippen LogP contribution is -1.87. The summed E-state index contributed by atoms with van der Waals surface area (Å²) in [5.74, 6) is 0.935. The fourth-order valence-corrected chi connectivity index (χ4v) is 2.50. The monoisotopic (exact) mass is 319 g/mol. The quantitative estimate of drug-likeness (QED) is 0.716. The summed E-state index contributed by atoms with van der Waals surface area (Å²) in [7, 11) is 1.48. The number of methoxy groups -OCH3 is 1. The molecule has 0 atom stereocenters. The number of imidazole rings is 1. The van der Waals surface area contributed by atoms with Crippen LogP contribution in [0.4, 0.5) is 0 Å². The number of aromatic amines is 1. The number of fused-ring (bicyclic) bond motifs is 1. The molecule has 0 spiro atoms. The molecule has 1 aromatic heterocycles. The molecule has 5 nitrogen and oxygen atoms in total. The number of phenolic OH excluding ortho intramolecular Hbond substituents is 1. The summed E-state index contributed by atoms with van der Waals surface area (Å²) < 4.78 is 5.10. The van der Waals surface area contributed by atoms with Gasteiger partial charge in [-0.1, -0.05) is 6.07 Å². The molecule has 1 heterocycles. The van der Waals surface area contributed by atoms with Gasteiger partial charge in [-0.05, 0) is 60.9 Å². The maximum Gasteiger partial charge on any atom is 0.161 e. The number of nitriles is 1. The molecule has 2 N–H and O–H groups in total. The average molecular weight is 319 g/mol. The molecule has 24 heavy (non-hydrogen) atoms. The lowest BCUT2D eigenvalue weighted by molar-refractivity contribution is 0.373. The third kappa shape index (κ3) is 2.82. The van der Waals surface area contributed by atoms with E-state index in [9.17, 15) is 10.4 Å². The molecule has 0 amide bonds. The molecule has 2 aromatic carbocycles. The summed E-state index contributed by atoms with van der Waals surface area (Å²) in [6, 6.07) is 11.1. The standard InChI is InChI=1S/C19H17N3O2/c1-11-6-15-16(7-12(11)2)22-19(21-15)14(10-20)8-13-4-5-17(23)18(9-13)24-3/h4-9,23H,1-3H3,(H,21,22)/b14-8-. The Labute approximate surface area is 139 Å².